The zero-order valence-electron chi connectivity index (χ0n) is 8.35. The summed E-state index contributed by atoms with van der Waals surface area (Å²) in [5, 5.41) is 4.23. The third-order valence-corrected chi connectivity index (χ3v) is 2.90. The molecule has 1 aromatic heterocycles. The van der Waals surface area contributed by atoms with Gasteiger partial charge in [0.2, 0.25) is 0 Å². The summed E-state index contributed by atoms with van der Waals surface area (Å²) in [6, 6.07) is 4.71. The predicted octanol–water partition coefficient (Wildman–Crippen LogP) is 2.61. The minimum atomic E-state index is -0.199. The number of fused-ring (bicyclic) bond motifs is 3. The minimum Gasteiger partial charge on any atom is -0.461 e. The van der Waals surface area contributed by atoms with Crippen LogP contribution in [0.4, 0.5) is 4.39 Å². The molecule has 3 heteroatoms. The maximum absolute atomic E-state index is 13.1. The second-order valence-corrected chi connectivity index (χ2v) is 3.92. The number of hydrogen-bond acceptors (Lipinski definition) is 2. The van der Waals surface area contributed by atoms with Crippen LogP contribution >= 0.6 is 0 Å². The molecular formula is C12H12FNO. The SMILES string of the molecule is Fc1ccc2oc3c(c2c1)CNCCC3. The molecule has 0 fully saturated rings. The first-order valence-corrected chi connectivity index (χ1v) is 5.25. The maximum atomic E-state index is 13.1. The Morgan fingerprint density at radius 1 is 1.33 bits per heavy atom. The summed E-state index contributed by atoms with van der Waals surface area (Å²) in [7, 11) is 0. The van der Waals surface area contributed by atoms with Gasteiger partial charge in [0.25, 0.3) is 0 Å². The van der Waals surface area contributed by atoms with Gasteiger partial charge in [-0.3, -0.25) is 0 Å². The molecule has 2 nitrogen and oxygen atoms in total. The highest BCUT2D eigenvalue weighted by Crippen LogP contribution is 2.28. The summed E-state index contributed by atoms with van der Waals surface area (Å²) in [6.07, 6.45) is 2.02. The van der Waals surface area contributed by atoms with E-state index in [0.29, 0.717) is 0 Å². The third-order valence-electron chi connectivity index (χ3n) is 2.90. The lowest BCUT2D eigenvalue weighted by Gasteiger charge is -1.97. The first-order chi connectivity index (χ1) is 7.34. The van der Waals surface area contributed by atoms with Crippen LogP contribution in [0.1, 0.15) is 17.7 Å². The zero-order valence-corrected chi connectivity index (χ0v) is 8.35. The summed E-state index contributed by atoms with van der Waals surface area (Å²) in [5.74, 6) is 0.816. The molecule has 1 aromatic carbocycles. The normalized spacial score (nSPS) is 16.3. The predicted molar refractivity (Wildman–Crippen MR) is 56.2 cm³/mol. The number of nitrogens with one attached hydrogen (secondary N) is 1. The van der Waals surface area contributed by atoms with E-state index in [4.69, 9.17) is 4.42 Å². The number of hydrogen-bond donors (Lipinski definition) is 1. The number of rotatable bonds is 0. The monoisotopic (exact) mass is 205 g/mol. The van der Waals surface area contributed by atoms with E-state index in [-0.39, 0.29) is 5.82 Å². The Bertz CT molecular complexity index is 504. The molecule has 0 saturated heterocycles. The molecule has 0 radical (unpaired) electrons. The number of furan rings is 1. The molecule has 78 valence electrons. The first kappa shape index (κ1) is 8.92. The molecule has 15 heavy (non-hydrogen) atoms. The van der Waals surface area contributed by atoms with E-state index >= 15 is 0 Å². The van der Waals surface area contributed by atoms with E-state index in [1.807, 2.05) is 0 Å². The van der Waals surface area contributed by atoms with Crippen molar-refractivity contribution in [1.29, 1.82) is 0 Å². The largest absolute Gasteiger partial charge is 0.461 e. The standard InChI is InChI=1S/C12H12FNO/c13-8-3-4-12-9(6-8)10-7-14-5-1-2-11(10)15-12/h3-4,6,14H,1-2,5,7H2. The highest BCUT2D eigenvalue weighted by Gasteiger charge is 2.16. The quantitative estimate of drug-likeness (QED) is 0.715. The third kappa shape index (κ3) is 1.43. The molecule has 0 saturated carbocycles. The fourth-order valence-corrected chi connectivity index (χ4v) is 2.15. The van der Waals surface area contributed by atoms with Gasteiger partial charge in [-0.05, 0) is 31.2 Å². The fourth-order valence-electron chi connectivity index (χ4n) is 2.15. The zero-order chi connectivity index (χ0) is 10.3. The van der Waals surface area contributed by atoms with Gasteiger partial charge in [0.15, 0.2) is 0 Å². The van der Waals surface area contributed by atoms with E-state index < -0.39 is 0 Å². The Morgan fingerprint density at radius 3 is 3.20 bits per heavy atom. The summed E-state index contributed by atoms with van der Waals surface area (Å²) >= 11 is 0. The van der Waals surface area contributed by atoms with Gasteiger partial charge in [-0.1, -0.05) is 0 Å². The van der Waals surface area contributed by atoms with Gasteiger partial charge >= 0.3 is 0 Å². The van der Waals surface area contributed by atoms with E-state index in [0.717, 1.165) is 48.2 Å². The Kier molecular flexibility index (Phi) is 1.99. The summed E-state index contributed by atoms with van der Waals surface area (Å²) in [6.45, 7) is 1.78. The van der Waals surface area contributed by atoms with Crippen molar-refractivity contribution < 1.29 is 8.81 Å². The van der Waals surface area contributed by atoms with Crippen LogP contribution in [-0.2, 0) is 13.0 Å². The summed E-state index contributed by atoms with van der Waals surface area (Å²) in [4.78, 5) is 0. The Morgan fingerprint density at radius 2 is 2.27 bits per heavy atom. The Labute approximate surface area is 87.1 Å². The van der Waals surface area contributed by atoms with Gasteiger partial charge in [0.1, 0.15) is 17.2 Å². The van der Waals surface area contributed by atoms with Gasteiger partial charge in [0, 0.05) is 23.9 Å². The topological polar surface area (TPSA) is 25.2 Å². The molecule has 1 N–H and O–H groups in total. The second kappa shape index (κ2) is 3.35. The maximum Gasteiger partial charge on any atom is 0.134 e. The van der Waals surface area contributed by atoms with Crippen molar-refractivity contribution in [3.8, 4) is 0 Å². The summed E-state index contributed by atoms with van der Waals surface area (Å²) in [5.41, 5.74) is 1.92. The van der Waals surface area contributed by atoms with Crippen LogP contribution in [-0.4, -0.2) is 6.54 Å². The lowest BCUT2D eigenvalue weighted by atomic mass is 10.1. The van der Waals surface area contributed by atoms with Gasteiger partial charge < -0.3 is 9.73 Å². The van der Waals surface area contributed by atoms with E-state index in [9.17, 15) is 4.39 Å². The van der Waals surface area contributed by atoms with E-state index in [2.05, 4.69) is 5.32 Å². The Hall–Kier alpha value is -1.35. The van der Waals surface area contributed by atoms with Crippen LogP contribution < -0.4 is 5.32 Å². The molecule has 1 aliphatic heterocycles. The molecule has 0 atom stereocenters. The van der Waals surface area contributed by atoms with Crippen molar-refractivity contribution in [2.45, 2.75) is 19.4 Å². The number of benzene rings is 1. The molecule has 0 amide bonds. The average Bonchev–Trinajstić information content (AvgIpc) is 2.44. The van der Waals surface area contributed by atoms with Crippen molar-refractivity contribution in [2.75, 3.05) is 6.54 Å². The van der Waals surface area contributed by atoms with Crippen molar-refractivity contribution >= 4 is 11.0 Å². The van der Waals surface area contributed by atoms with Crippen LogP contribution in [0.15, 0.2) is 22.6 Å². The van der Waals surface area contributed by atoms with Gasteiger partial charge in [-0.15, -0.1) is 0 Å². The Balaban J connectivity index is 2.24. The highest BCUT2D eigenvalue weighted by atomic mass is 19.1. The molecule has 1 aliphatic rings. The van der Waals surface area contributed by atoms with Gasteiger partial charge in [-0.2, -0.15) is 0 Å². The molecule has 3 rings (SSSR count). The molecule has 0 spiro atoms. The van der Waals surface area contributed by atoms with Gasteiger partial charge in [-0.25, -0.2) is 4.39 Å². The highest BCUT2D eigenvalue weighted by molar-refractivity contribution is 5.82. The molecule has 0 aliphatic carbocycles. The summed E-state index contributed by atoms with van der Waals surface area (Å²) < 4.78 is 18.8. The molecular weight excluding hydrogens is 193 g/mol. The average molecular weight is 205 g/mol. The van der Waals surface area contributed by atoms with Crippen molar-refractivity contribution in [1.82, 2.24) is 5.32 Å². The van der Waals surface area contributed by atoms with Crippen LogP contribution in [0.5, 0.6) is 0 Å². The number of aryl methyl sites for hydroxylation is 1. The molecule has 2 aromatic rings. The van der Waals surface area contributed by atoms with Crippen molar-refractivity contribution in [2.24, 2.45) is 0 Å². The molecule has 2 heterocycles. The number of halogens is 1. The van der Waals surface area contributed by atoms with Crippen molar-refractivity contribution in [3.05, 3.63) is 35.3 Å². The van der Waals surface area contributed by atoms with Gasteiger partial charge in [0.05, 0.1) is 0 Å². The lowest BCUT2D eigenvalue weighted by molar-refractivity contribution is 0.540. The van der Waals surface area contributed by atoms with Crippen molar-refractivity contribution in [3.63, 3.8) is 0 Å². The molecule has 0 unspecified atom stereocenters. The first-order valence-electron chi connectivity index (χ1n) is 5.25. The minimum absolute atomic E-state index is 0.199. The van der Waals surface area contributed by atoms with Crippen LogP contribution in [0.25, 0.3) is 11.0 Å². The lowest BCUT2D eigenvalue weighted by Crippen LogP contribution is -2.11. The van der Waals surface area contributed by atoms with Crippen LogP contribution in [0.2, 0.25) is 0 Å². The van der Waals surface area contributed by atoms with E-state index in [1.165, 1.54) is 6.07 Å². The van der Waals surface area contributed by atoms with Crippen LogP contribution in [0, 0.1) is 5.82 Å². The smallest absolute Gasteiger partial charge is 0.134 e. The second-order valence-electron chi connectivity index (χ2n) is 3.92. The van der Waals surface area contributed by atoms with Crippen LogP contribution in [0.3, 0.4) is 0 Å². The van der Waals surface area contributed by atoms with E-state index in [1.54, 1.807) is 12.1 Å². The molecule has 0 bridgehead atoms. The fraction of sp³-hybridized carbons (Fsp3) is 0.333.